The maximum atomic E-state index is 13.3. The van der Waals surface area contributed by atoms with E-state index in [1.54, 1.807) is 12.4 Å². The Balaban J connectivity index is 1.96. The molecule has 2 heterocycles. The minimum absolute atomic E-state index is 0.171. The number of hydrogen-bond donors (Lipinski definition) is 0. The molecule has 152 valence electrons. The van der Waals surface area contributed by atoms with Crippen molar-refractivity contribution in [1.82, 2.24) is 14.8 Å². The third-order valence-electron chi connectivity index (χ3n) is 5.34. The number of benzene rings is 1. The molecule has 3 rings (SSSR count). The van der Waals surface area contributed by atoms with Gasteiger partial charge in [-0.25, -0.2) is 0 Å². The Morgan fingerprint density at radius 1 is 0.966 bits per heavy atom. The number of hydrogen-bond acceptors (Lipinski definition) is 4. The lowest BCUT2D eigenvalue weighted by molar-refractivity contribution is -0.137. The lowest BCUT2D eigenvalue weighted by Crippen LogP contribution is -2.36. The lowest BCUT2D eigenvalue weighted by atomic mass is 10.0. The fraction of sp³-hybridized carbons (Fsp3) is 0.375. The highest BCUT2D eigenvalue weighted by atomic mass is 16.2. The second-order valence-electron chi connectivity index (χ2n) is 7.39. The summed E-state index contributed by atoms with van der Waals surface area (Å²) in [7, 11) is 0. The topological polar surface area (TPSA) is 53.5 Å². The molecule has 0 bridgehead atoms. The molecular formula is C24H29N3O2. The fourth-order valence-electron chi connectivity index (χ4n) is 3.60. The van der Waals surface area contributed by atoms with Crippen molar-refractivity contribution in [3.8, 4) is 0 Å². The largest absolute Gasteiger partial charge is 0.366 e. The van der Waals surface area contributed by atoms with Crippen LogP contribution in [0.25, 0.3) is 5.57 Å². The molecule has 29 heavy (non-hydrogen) atoms. The summed E-state index contributed by atoms with van der Waals surface area (Å²) in [6.45, 7) is 7.91. The molecule has 0 saturated carbocycles. The SMILES string of the molecule is CCCCN1C(=O)C(c2ccc(C)cc2)=C(N(CC)CCc2ccncc2)C1=O. The number of rotatable bonds is 9. The molecule has 1 aromatic carbocycles. The Kier molecular flexibility index (Phi) is 6.81. The van der Waals surface area contributed by atoms with Crippen LogP contribution in [-0.2, 0) is 16.0 Å². The molecule has 0 radical (unpaired) electrons. The van der Waals surface area contributed by atoms with Crippen molar-refractivity contribution in [3.63, 3.8) is 0 Å². The summed E-state index contributed by atoms with van der Waals surface area (Å²) in [4.78, 5) is 34.0. The van der Waals surface area contributed by atoms with Crippen molar-refractivity contribution in [2.24, 2.45) is 0 Å². The average molecular weight is 392 g/mol. The van der Waals surface area contributed by atoms with Crippen LogP contribution < -0.4 is 0 Å². The Morgan fingerprint density at radius 2 is 1.66 bits per heavy atom. The Bertz CT molecular complexity index is 888. The molecule has 0 spiro atoms. The van der Waals surface area contributed by atoms with E-state index in [4.69, 9.17) is 0 Å². The van der Waals surface area contributed by atoms with Crippen molar-refractivity contribution in [2.45, 2.75) is 40.0 Å². The molecule has 1 aromatic heterocycles. The average Bonchev–Trinajstić information content (AvgIpc) is 2.98. The normalized spacial score (nSPS) is 14.1. The summed E-state index contributed by atoms with van der Waals surface area (Å²) in [6, 6.07) is 11.8. The molecule has 0 saturated heterocycles. The molecule has 5 heteroatoms. The van der Waals surface area contributed by atoms with Crippen LogP contribution in [0.1, 0.15) is 43.4 Å². The molecule has 0 atom stereocenters. The van der Waals surface area contributed by atoms with E-state index < -0.39 is 0 Å². The highest BCUT2D eigenvalue weighted by molar-refractivity contribution is 6.35. The molecular weight excluding hydrogens is 362 g/mol. The van der Waals surface area contributed by atoms with Crippen molar-refractivity contribution in [1.29, 1.82) is 0 Å². The number of imide groups is 1. The Hall–Kier alpha value is -2.95. The Morgan fingerprint density at radius 3 is 2.28 bits per heavy atom. The van der Waals surface area contributed by atoms with E-state index in [0.717, 1.165) is 36.0 Å². The monoisotopic (exact) mass is 391 g/mol. The van der Waals surface area contributed by atoms with Crippen molar-refractivity contribution in [3.05, 3.63) is 71.2 Å². The van der Waals surface area contributed by atoms with Gasteiger partial charge < -0.3 is 4.90 Å². The van der Waals surface area contributed by atoms with Gasteiger partial charge in [-0.15, -0.1) is 0 Å². The molecule has 2 amide bonds. The van der Waals surface area contributed by atoms with Gasteiger partial charge in [-0.3, -0.25) is 19.5 Å². The molecule has 0 unspecified atom stereocenters. The predicted molar refractivity (Wildman–Crippen MR) is 115 cm³/mol. The molecule has 1 aliphatic heterocycles. The highest BCUT2D eigenvalue weighted by Gasteiger charge is 2.40. The summed E-state index contributed by atoms with van der Waals surface area (Å²) in [5.74, 6) is -0.347. The number of nitrogens with zero attached hydrogens (tertiary/aromatic N) is 3. The van der Waals surface area contributed by atoms with Gasteiger partial charge in [0.1, 0.15) is 5.70 Å². The van der Waals surface area contributed by atoms with E-state index in [1.165, 1.54) is 4.90 Å². The molecule has 0 N–H and O–H groups in total. The molecule has 5 nitrogen and oxygen atoms in total. The van der Waals surface area contributed by atoms with Crippen LogP contribution in [0.3, 0.4) is 0 Å². The summed E-state index contributed by atoms with van der Waals surface area (Å²) in [5.41, 5.74) is 4.16. The number of carbonyl (C=O) groups excluding carboxylic acids is 2. The number of likely N-dealkylation sites (N-methyl/N-ethyl adjacent to an activating group) is 1. The van der Waals surface area contributed by atoms with E-state index in [0.29, 0.717) is 30.9 Å². The van der Waals surface area contributed by atoms with Crippen LogP contribution in [0.4, 0.5) is 0 Å². The summed E-state index contributed by atoms with van der Waals surface area (Å²) < 4.78 is 0. The number of amides is 2. The zero-order chi connectivity index (χ0) is 20.8. The number of aromatic nitrogens is 1. The maximum absolute atomic E-state index is 13.3. The van der Waals surface area contributed by atoms with Crippen LogP contribution in [0.2, 0.25) is 0 Å². The van der Waals surface area contributed by atoms with E-state index in [1.807, 2.05) is 55.1 Å². The Labute approximate surface area is 173 Å². The minimum atomic E-state index is -0.176. The van der Waals surface area contributed by atoms with Crippen LogP contribution in [0.15, 0.2) is 54.5 Å². The van der Waals surface area contributed by atoms with Crippen LogP contribution >= 0.6 is 0 Å². The predicted octanol–water partition coefficient (Wildman–Crippen LogP) is 3.83. The van der Waals surface area contributed by atoms with E-state index in [2.05, 4.69) is 11.9 Å². The minimum Gasteiger partial charge on any atom is -0.366 e. The van der Waals surface area contributed by atoms with Gasteiger partial charge in [0.25, 0.3) is 11.8 Å². The summed E-state index contributed by atoms with van der Waals surface area (Å²) in [6.07, 6.45) is 6.09. The molecule has 1 aliphatic rings. The van der Waals surface area contributed by atoms with Crippen LogP contribution in [0, 0.1) is 6.92 Å². The quantitative estimate of drug-likeness (QED) is 0.610. The standard InChI is InChI=1S/C24H29N3O2/c1-4-6-16-27-23(28)21(20-9-7-18(3)8-10-20)22(24(27)29)26(5-2)17-13-19-11-14-25-15-12-19/h7-12,14-15H,4-6,13,16-17H2,1-3H3. The molecule has 0 fully saturated rings. The maximum Gasteiger partial charge on any atom is 0.277 e. The second kappa shape index (κ2) is 9.50. The second-order valence-corrected chi connectivity index (χ2v) is 7.39. The first-order chi connectivity index (χ1) is 14.1. The van der Waals surface area contributed by atoms with Gasteiger partial charge in [-0.2, -0.15) is 0 Å². The summed E-state index contributed by atoms with van der Waals surface area (Å²) >= 11 is 0. The summed E-state index contributed by atoms with van der Waals surface area (Å²) in [5, 5.41) is 0. The van der Waals surface area contributed by atoms with Gasteiger partial charge in [0.15, 0.2) is 0 Å². The van der Waals surface area contributed by atoms with Gasteiger partial charge in [0.2, 0.25) is 0 Å². The molecule has 2 aromatic rings. The molecule has 0 aliphatic carbocycles. The van der Waals surface area contributed by atoms with Gasteiger partial charge in [0, 0.05) is 32.0 Å². The smallest absolute Gasteiger partial charge is 0.277 e. The van der Waals surface area contributed by atoms with Crippen molar-refractivity contribution >= 4 is 17.4 Å². The first-order valence-electron chi connectivity index (χ1n) is 10.4. The van der Waals surface area contributed by atoms with Crippen molar-refractivity contribution < 1.29 is 9.59 Å². The van der Waals surface area contributed by atoms with Crippen LogP contribution in [-0.4, -0.2) is 46.2 Å². The zero-order valence-corrected chi connectivity index (χ0v) is 17.5. The van der Waals surface area contributed by atoms with Gasteiger partial charge in [-0.1, -0.05) is 43.2 Å². The number of carbonyl (C=O) groups is 2. The third-order valence-corrected chi connectivity index (χ3v) is 5.34. The fourth-order valence-corrected chi connectivity index (χ4v) is 3.60. The number of pyridine rings is 1. The first-order valence-corrected chi connectivity index (χ1v) is 10.4. The van der Waals surface area contributed by atoms with E-state index >= 15 is 0 Å². The van der Waals surface area contributed by atoms with Gasteiger partial charge in [0.05, 0.1) is 5.57 Å². The van der Waals surface area contributed by atoms with Crippen molar-refractivity contribution in [2.75, 3.05) is 19.6 Å². The third kappa shape index (κ3) is 4.56. The van der Waals surface area contributed by atoms with Crippen LogP contribution in [0.5, 0.6) is 0 Å². The number of unbranched alkanes of at least 4 members (excludes halogenated alkanes) is 1. The van der Waals surface area contributed by atoms with E-state index in [-0.39, 0.29) is 11.8 Å². The van der Waals surface area contributed by atoms with Gasteiger partial charge >= 0.3 is 0 Å². The van der Waals surface area contributed by atoms with Gasteiger partial charge in [-0.05, 0) is 49.9 Å². The first kappa shape index (κ1) is 20.8. The number of aryl methyl sites for hydroxylation is 1. The zero-order valence-electron chi connectivity index (χ0n) is 17.5. The lowest BCUT2D eigenvalue weighted by Gasteiger charge is -2.25. The van der Waals surface area contributed by atoms with E-state index in [9.17, 15) is 9.59 Å². The highest BCUT2D eigenvalue weighted by Crippen LogP contribution is 2.32.